The van der Waals surface area contributed by atoms with Crippen molar-refractivity contribution >= 4 is 23.4 Å². The lowest BCUT2D eigenvalue weighted by molar-refractivity contribution is -0.127. The molecule has 4 heterocycles. The number of nitriles is 1. The highest BCUT2D eigenvalue weighted by Gasteiger charge is 2.54. The Morgan fingerprint density at radius 1 is 1.32 bits per heavy atom. The van der Waals surface area contributed by atoms with Crippen molar-refractivity contribution in [1.82, 2.24) is 30.4 Å². The van der Waals surface area contributed by atoms with E-state index in [-0.39, 0.29) is 52.6 Å². The molecular weight excluding hydrogens is 501 g/mol. The number of hydrogen-bond acceptors (Lipinski definition) is 7. The second-order valence-electron chi connectivity index (χ2n) is 9.23. The van der Waals surface area contributed by atoms with Crippen molar-refractivity contribution in [2.24, 2.45) is 5.92 Å². The fraction of sp³-hybridized carbons (Fsp3) is 0.360. The molecule has 1 spiro atoms. The number of piperidine rings is 1. The van der Waals surface area contributed by atoms with E-state index in [0.29, 0.717) is 35.7 Å². The van der Waals surface area contributed by atoms with E-state index >= 15 is 0 Å². The van der Waals surface area contributed by atoms with E-state index in [1.54, 1.807) is 4.90 Å². The molecule has 3 aromatic heterocycles. The Labute approximate surface area is 216 Å². The summed E-state index contributed by atoms with van der Waals surface area (Å²) in [5, 5.41) is 19.0. The largest absolute Gasteiger partial charge is 0.481 e. The van der Waals surface area contributed by atoms with Crippen LogP contribution in [0.1, 0.15) is 47.4 Å². The summed E-state index contributed by atoms with van der Waals surface area (Å²) in [6, 6.07) is 6.43. The van der Waals surface area contributed by atoms with Crippen LogP contribution in [0.2, 0.25) is 5.02 Å². The summed E-state index contributed by atoms with van der Waals surface area (Å²) < 4.78 is 19.4. The molecule has 1 atom stereocenters. The van der Waals surface area contributed by atoms with Crippen LogP contribution in [0.25, 0.3) is 11.3 Å². The molecule has 0 aromatic carbocycles. The number of carbonyl (C=O) groups is 2. The van der Waals surface area contributed by atoms with Gasteiger partial charge in [-0.25, -0.2) is 9.37 Å². The van der Waals surface area contributed by atoms with Gasteiger partial charge in [-0.1, -0.05) is 11.6 Å². The first-order valence-electron chi connectivity index (χ1n) is 11.7. The van der Waals surface area contributed by atoms with E-state index in [4.69, 9.17) is 21.6 Å². The zero-order valence-corrected chi connectivity index (χ0v) is 20.7. The predicted octanol–water partition coefficient (Wildman–Crippen LogP) is 3.24. The van der Waals surface area contributed by atoms with Crippen molar-refractivity contribution in [3.05, 3.63) is 58.4 Å². The van der Waals surface area contributed by atoms with Crippen LogP contribution in [0.15, 0.2) is 30.6 Å². The molecule has 37 heavy (non-hydrogen) atoms. The van der Waals surface area contributed by atoms with Crippen LogP contribution in [0.4, 0.5) is 4.39 Å². The maximum absolute atomic E-state index is 14.3. The molecule has 0 unspecified atom stereocenters. The average Bonchev–Trinajstić information content (AvgIpc) is 3.48. The van der Waals surface area contributed by atoms with Gasteiger partial charge in [0.25, 0.3) is 5.91 Å². The Balaban J connectivity index is 1.24. The van der Waals surface area contributed by atoms with Gasteiger partial charge in [-0.15, -0.1) is 0 Å². The number of amides is 2. The lowest BCUT2D eigenvalue weighted by atomic mass is 9.88. The summed E-state index contributed by atoms with van der Waals surface area (Å²) in [7, 11) is 1.43. The van der Waals surface area contributed by atoms with Crippen LogP contribution >= 0.6 is 11.6 Å². The second-order valence-corrected chi connectivity index (χ2v) is 9.63. The molecule has 12 heteroatoms. The highest BCUT2D eigenvalue weighted by molar-refractivity contribution is 6.31. The third kappa shape index (κ3) is 4.84. The summed E-state index contributed by atoms with van der Waals surface area (Å²) in [5.41, 5.74) is 1.16. The molecule has 1 aliphatic carbocycles. The number of methoxy groups -OCH3 is 1. The van der Waals surface area contributed by atoms with Crippen LogP contribution < -0.4 is 10.1 Å². The molecule has 2 fully saturated rings. The van der Waals surface area contributed by atoms with Gasteiger partial charge in [0.05, 0.1) is 41.8 Å². The maximum atomic E-state index is 14.3. The molecule has 1 saturated heterocycles. The number of H-pyrrole nitrogens is 1. The maximum Gasteiger partial charge on any atom is 0.272 e. The van der Waals surface area contributed by atoms with E-state index in [1.165, 1.54) is 31.5 Å². The number of ether oxygens (including phenoxy) is 1. The van der Waals surface area contributed by atoms with Crippen molar-refractivity contribution in [3.63, 3.8) is 0 Å². The number of likely N-dealkylation sites (tertiary alicyclic amines) is 1. The Hall–Kier alpha value is -4.04. The minimum Gasteiger partial charge on any atom is -0.481 e. The van der Waals surface area contributed by atoms with Gasteiger partial charge in [-0.05, 0) is 37.8 Å². The van der Waals surface area contributed by atoms with E-state index in [9.17, 15) is 14.0 Å². The third-order valence-electron chi connectivity index (χ3n) is 6.94. The number of nitrogens with zero attached hydrogens (tertiary/aromatic N) is 5. The average molecular weight is 524 g/mol. The molecule has 190 valence electrons. The summed E-state index contributed by atoms with van der Waals surface area (Å²) >= 11 is 6.16. The minimum atomic E-state index is -0.575. The number of aromatic amines is 1. The zero-order valence-electron chi connectivity index (χ0n) is 19.9. The monoisotopic (exact) mass is 523 g/mol. The minimum absolute atomic E-state index is 0.119. The molecule has 3 aromatic rings. The first-order valence-corrected chi connectivity index (χ1v) is 12.1. The molecule has 5 rings (SSSR count). The summed E-state index contributed by atoms with van der Waals surface area (Å²) in [4.78, 5) is 36.0. The fourth-order valence-electron chi connectivity index (χ4n) is 4.77. The van der Waals surface area contributed by atoms with Crippen molar-refractivity contribution in [2.45, 2.75) is 37.8 Å². The fourth-order valence-corrected chi connectivity index (χ4v) is 5.00. The predicted molar refractivity (Wildman–Crippen MR) is 130 cm³/mol. The van der Waals surface area contributed by atoms with E-state index < -0.39 is 5.82 Å². The van der Waals surface area contributed by atoms with Gasteiger partial charge >= 0.3 is 0 Å². The van der Waals surface area contributed by atoms with Gasteiger partial charge in [0.2, 0.25) is 11.8 Å². The second kappa shape index (κ2) is 9.78. The lowest BCUT2D eigenvalue weighted by Crippen LogP contribution is -2.50. The Morgan fingerprint density at radius 3 is 2.84 bits per heavy atom. The smallest absolute Gasteiger partial charge is 0.272 e. The van der Waals surface area contributed by atoms with Gasteiger partial charge in [-0.2, -0.15) is 10.4 Å². The number of rotatable bonds is 6. The number of aromatic nitrogens is 4. The molecule has 2 N–H and O–H groups in total. The Bertz CT molecular complexity index is 1420. The summed E-state index contributed by atoms with van der Waals surface area (Å²) in [5.74, 6) is -0.938. The van der Waals surface area contributed by atoms with Crippen LogP contribution in [-0.4, -0.2) is 56.1 Å². The quantitative estimate of drug-likeness (QED) is 0.506. The standard InChI is InChI=1S/C25H23ClFN7O3/c1-37-22-7-16(18(27)12-30-22)19-8-20(33-32-19)24(36)34-5-2-15(9-25(34)3-4-25)23(35)31-13-21-17(26)6-14(10-28)11-29-21/h6-8,11-12,15H,2-5,9,13H2,1H3,(H,31,35)(H,32,33)/t15-/m0/s1. The normalized spacial score (nSPS) is 17.8. The van der Waals surface area contributed by atoms with Gasteiger partial charge in [-0.3, -0.25) is 19.7 Å². The van der Waals surface area contributed by atoms with Crippen molar-refractivity contribution in [1.29, 1.82) is 5.26 Å². The molecule has 0 bridgehead atoms. The van der Waals surface area contributed by atoms with Crippen LogP contribution in [-0.2, 0) is 11.3 Å². The number of halogens is 2. The van der Waals surface area contributed by atoms with Crippen LogP contribution in [0.3, 0.4) is 0 Å². The van der Waals surface area contributed by atoms with Crippen molar-refractivity contribution in [3.8, 4) is 23.2 Å². The SMILES string of the molecule is COc1cc(-c2cc(C(=O)N3CC[C@H](C(=O)NCc4ncc(C#N)cc4Cl)CC34CC4)[nH]n2)c(F)cn1. The van der Waals surface area contributed by atoms with Gasteiger partial charge < -0.3 is 15.0 Å². The van der Waals surface area contributed by atoms with Gasteiger partial charge in [0, 0.05) is 35.8 Å². The Morgan fingerprint density at radius 2 is 2.14 bits per heavy atom. The number of nitrogens with one attached hydrogen (secondary N) is 2. The third-order valence-corrected chi connectivity index (χ3v) is 7.27. The molecule has 1 aliphatic heterocycles. The highest BCUT2D eigenvalue weighted by atomic mass is 35.5. The number of pyridine rings is 2. The lowest BCUT2D eigenvalue weighted by Gasteiger charge is -2.39. The van der Waals surface area contributed by atoms with Crippen molar-refractivity contribution < 1.29 is 18.7 Å². The van der Waals surface area contributed by atoms with E-state index in [1.807, 2.05) is 6.07 Å². The first kappa shape index (κ1) is 24.6. The summed E-state index contributed by atoms with van der Waals surface area (Å²) in [6.07, 6.45) is 5.13. The zero-order chi connectivity index (χ0) is 26.2. The van der Waals surface area contributed by atoms with E-state index in [0.717, 1.165) is 19.0 Å². The Kier molecular flexibility index (Phi) is 6.52. The van der Waals surface area contributed by atoms with Gasteiger partial charge in [0.1, 0.15) is 11.8 Å². The molecule has 10 nitrogen and oxygen atoms in total. The van der Waals surface area contributed by atoms with Gasteiger partial charge in [0.15, 0.2) is 5.82 Å². The summed E-state index contributed by atoms with van der Waals surface area (Å²) in [6.45, 7) is 0.571. The first-order chi connectivity index (χ1) is 17.8. The molecule has 1 saturated carbocycles. The molecule has 2 aliphatic rings. The molecular formula is C25H23ClFN7O3. The topological polar surface area (TPSA) is 137 Å². The number of hydrogen-bond donors (Lipinski definition) is 2. The number of carbonyl (C=O) groups excluding carboxylic acids is 2. The van der Waals surface area contributed by atoms with Crippen LogP contribution in [0, 0.1) is 23.1 Å². The van der Waals surface area contributed by atoms with Crippen molar-refractivity contribution in [2.75, 3.05) is 13.7 Å². The van der Waals surface area contributed by atoms with E-state index in [2.05, 4.69) is 25.5 Å². The van der Waals surface area contributed by atoms with Crippen LogP contribution in [0.5, 0.6) is 5.88 Å². The molecule has 0 radical (unpaired) electrons. The highest BCUT2D eigenvalue weighted by Crippen LogP contribution is 2.50. The molecule has 2 amide bonds.